The minimum absolute atomic E-state index is 0.0465. The zero-order valence-electron chi connectivity index (χ0n) is 14.1. The van der Waals surface area contributed by atoms with Gasteiger partial charge in [-0.1, -0.05) is 37.8 Å². The second-order valence-electron chi connectivity index (χ2n) is 6.71. The number of esters is 2. The third kappa shape index (κ3) is 4.70. The Hall–Kier alpha value is -1.10. The maximum absolute atomic E-state index is 12.2. The monoisotopic (exact) mass is 312 g/mol. The molecule has 1 rings (SSSR count). The Bertz CT molecular complexity index is 422. The van der Waals surface area contributed by atoms with Gasteiger partial charge in [0.1, 0.15) is 0 Å². The van der Waals surface area contributed by atoms with Gasteiger partial charge in [-0.2, -0.15) is 0 Å². The van der Waals surface area contributed by atoms with Crippen LogP contribution >= 0.6 is 0 Å². The highest BCUT2D eigenvalue weighted by atomic mass is 28.3. The first kappa shape index (κ1) is 17.9. The zero-order valence-corrected chi connectivity index (χ0v) is 15.1. The summed E-state index contributed by atoms with van der Waals surface area (Å²) in [5.74, 6) is -1.32. The fraction of sp³-hybridized carbons (Fsp3) is 0.750. The molecule has 0 saturated heterocycles. The molecule has 5 heteroatoms. The van der Waals surface area contributed by atoms with Crippen LogP contribution in [0.3, 0.4) is 0 Å². The van der Waals surface area contributed by atoms with Gasteiger partial charge in [-0.25, -0.2) is 0 Å². The first-order valence-corrected chi connectivity index (χ1v) is 11.3. The van der Waals surface area contributed by atoms with Crippen molar-refractivity contribution >= 4 is 20.0 Å². The SMILES string of the molecule is CCOC(=O)C1C/C(=C\[Si](C)(C)C)C(C)C1C(=O)OCC. The van der Waals surface area contributed by atoms with Crippen molar-refractivity contribution in [3.05, 3.63) is 11.3 Å². The molecule has 0 N–H and O–H groups in total. The van der Waals surface area contributed by atoms with E-state index in [0.717, 1.165) is 0 Å². The number of rotatable bonds is 5. The molecule has 0 aromatic carbocycles. The van der Waals surface area contributed by atoms with Gasteiger partial charge in [-0.15, -0.1) is 0 Å². The molecule has 4 nitrogen and oxygen atoms in total. The third-order valence-electron chi connectivity index (χ3n) is 3.78. The van der Waals surface area contributed by atoms with E-state index in [1.165, 1.54) is 5.57 Å². The molecule has 0 aromatic rings. The molecule has 3 unspecified atom stereocenters. The van der Waals surface area contributed by atoms with Crippen LogP contribution in [-0.4, -0.2) is 33.2 Å². The Morgan fingerprint density at radius 1 is 1.14 bits per heavy atom. The van der Waals surface area contributed by atoms with Gasteiger partial charge in [-0.3, -0.25) is 9.59 Å². The normalized spacial score (nSPS) is 27.7. The fourth-order valence-electron chi connectivity index (χ4n) is 2.98. The number of hydrogen-bond acceptors (Lipinski definition) is 4. The van der Waals surface area contributed by atoms with Crippen LogP contribution in [0.5, 0.6) is 0 Å². The highest BCUT2D eigenvalue weighted by molar-refractivity contribution is 6.81. The van der Waals surface area contributed by atoms with Gasteiger partial charge in [0.05, 0.1) is 33.1 Å². The smallest absolute Gasteiger partial charge is 0.310 e. The van der Waals surface area contributed by atoms with E-state index >= 15 is 0 Å². The summed E-state index contributed by atoms with van der Waals surface area (Å²) in [5.41, 5.74) is 3.52. The van der Waals surface area contributed by atoms with Crippen LogP contribution in [0.25, 0.3) is 0 Å². The number of hydrogen-bond donors (Lipinski definition) is 0. The van der Waals surface area contributed by atoms with Gasteiger partial charge in [0.2, 0.25) is 0 Å². The van der Waals surface area contributed by atoms with Crippen molar-refractivity contribution < 1.29 is 19.1 Å². The quantitative estimate of drug-likeness (QED) is 0.578. The summed E-state index contributed by atoms with van der Waals surface area (Å²) in [7, 11) is -1.40. The summed E-state index contributed by atoms with van der Waals surface area (Å²) in [6, 6.07) is 0. The molecule has 0 bridgehead atoms. The average Bonchev–Trinajstić information content (AvgIpc) is 2.65. The molecule has 3 atom stereocenters. The Kier molecular flexibility index (Phi) is 6.19. The minimum Gasteiger partial charge on any atom is -0.466 e. The molecule has 1 saturated carbocycles. The molecule has 0 aliphatic heterocycles. The Morgan fingerprint density at radius 2 is 1.67 bits per heavy atom. The Labute approximate surface area is 128 Å². The first-order chi connectivity index (χ1) is 9.71. The predicted molar refractivity (Wildman–Crippen MR) is 85.5 cm³/mol. The van der Waals surface area contributed by atoms with Crippen molar-refractivity contribution in [1.29, 1.82) is 0 Å². The molecule has 0 aromatic heterocycles. The molecule has 1 fully saturated rings. The van der Waals surface area contributed by atoms with E-state index in [2.05, 4.69) is 25.3 Å². The molecule has 0 amide bonds. The van der Waals surface area contributed by atoms with Crippen molar-refractivity contribution in [2.24, 2.45) is 17.8 Å². The molecule has 21 heavy (non-hydrogen) atoms. The van der Waals surface area contributed by atoms with Gasteiger partial charge in [-0.05, 0) is 26.2 Å². The molecule has 0 spiro atoms. The van der Waals surface area contributed by atoms with Crippen LogP contribution in [0.4, 0.5) is 0 Å². The van der Waals surface area contributed by atoms with Crippen molar-refractivity contribution in [2.45, 2.75) is 46.8 Å². The summed E-state index contributed by atoms with van der Waals surface area (Å²) in [5, 5.41) is 0. The van der Waals surface area contributed by atoms with Gasteiger partial charge < -0.3 is 9.47 Å². The van der Waals surface area contributed by atoms with E-state index < -0.39 is 19.9 Å². The molecular formula is C16H28O4Si. The maximum atomic E-state index is 12.2. The lowest BCUT2D eigenvalue weighted by molar-refractivity contribution is -0.160. The van der Waals surface area contributed by atoms with E-state index in [4.69, 9.17) is 9.47 Å². The standard InChI is InChI=1S/C16H28O4Si/c1-7-19-15(17)13-9-12(10-21(4,5)6)11(3)14(13)16(18)20-8-2/h10-11,13-14H,7-9H2,1-6H3/b12-10+. The predicted octanol–water partition coefficient (Wildman–Crippen LogP) is 3.19. The molecule has 120 valence electrons. The van der Waals surface area contributed by atoms with Gasteiger partial charge in [0, 0.05) is 0 Å². The zero-order chi connectivity index (χ0) is 16.2. The first-order valence-electron chi connectivity index (χ1n) is 7.76. The maximum Gasteiger partial charge on any atom is 0.310 e. The second-order valence-corrected chi connectivity index (χ2v) is 11.7. The van der Waals surface area contributed by atoms with Crippen LogP contribution < -0.4 is 0 Å². The molecule has 0 radical (unpaired) electrons. The van der Waals surface area contributed by atoms with E-state index in [9.17, 15) is 9.59 Å². The van der Waals surface area contributed by atoms with Gasteiger partial charge in [0.15, 0.2) is 0 Å². The molecule has 1 aliphatic rings. The average molecular weight is 312 g/mol. The van der Waals surface area contributed by atoms with Crippen molar-refractivity contribution in [1.82, 2.24) is 0 Å². The van der Waals surface area contributed by atoms with Crippen molar-refractivity contribution in [3.63, 3.8) is 0 Å². The van der Waals surface area contributed by atoms with Crippen LogP contribution in [0.15, 0.2) is 11.3 Å². The second kappa shape index (κ2) is 7.25. The van der Waals surface area contributed by atoms with Crippen LogP contribution in [0, 0.1) is 17.8 Å². The third-order valence-corrected chi connectivity index (χ3v) is 5.02. The summed E-state index contributed by atoms with van der Waals surface area (Å²) in [6.07, 6.45) is 0.619. The number of allylic oxidation sites excluding steroid dienone is 1. The topological polar surface area (TPSA) is 52.6 Å². The molecular weight excluding hydrogens is 284 g/mol. The summed E-state index contributed by atoms with van der Waals surface area (Å²) < 4.78 is 10.3. The lowest BCUT2D eigenvalue weighted by Gasteiger charge is -2.20. The number of ether oxygens (including phenoxy) is 2. The van der Waals surface area contributed by atoms with Gasteiger partial charge in [0.25, 0.3) is 0 Å². The van der Waals surface area contributed by atoms with Crippen molar-refractivity contribution in [2.75, 3.05) is 13.2 Å². The van der Waals surface area contributed by atoms with Crippen LogP contribution in [0.1, 0.15) is 27.2 Å². The summed E-state index contributed by atoms with van der Waals surface area (Å²) in [6.45, 7) is 13.0. The highest BCUT2D eigenvalue weighted by Gasteiger charge is 2.47. The summed E-state index contributed by atoms with van der Waals surface area (Å²) >= 11 is 0. The number of carbonyl (C=O) groups is 2. The van der Waals surface area contributed by atoms with Gasteiger partial charge >= 0.3 is 11.9 Å². The van der Waals surface area contributed by atoms with Crippen LogP contribution in [-0.2, 0) is 19.1 Å². The van der Waals surface area contributed by atoms with E-state index in [0.29, 0.717) is 19.6 Å². The highest BCUT2D eigenvalue weighted by Crippen LogP contribution is 2.43. The van der Waals surface area contributed by atoms with E-state index in [1.807, 2.05) is 6.92 Å². The fourth-order valence-corrected chi connectivity index (χ4v) is 4.47. The van der Waals surface area contributed by atoms with Crippen molar-refractivity contribution in [3.8, 4) is 0 Å². The summed E-state index contributed by atoms with van der Waals surface area (Å²) in [4.78, 5) is 24.4. The minimum atomic E-state index is -1.40. The largest absolute Gasteiger partial charge is 0.466 e. The van der Waals surface area contributed by atoms with E-state index in [-0.39, 0.29) is 17.9 Å². The molecule has 1 aliphatic carbocycles. The lowest BCUT2D eigenvalue weighted by Crippen LogP contribution is -2.31. The number of carbonyl (C=O) groups excluding carboxylic acids is 2. The van der Waals surface area contributed by atoms with Crippen LogP contribution in [0.2, 0.25) is 19.6 Å². The molecule has 0 heterocycles. The lowest BCUT2D eigenvalue weighted by atomic mass is 9.90. The Balaban J connectivity index is 3.07. The van der Waals surface area contributed by atoms with E-state index in [1.54, 1.807) is 13.8 Å². The Morgan fingerprint density at radius 3 is 2.14 bits per heavy atom.